The van der Waals surface area contributed by atoms with Gasteiger partial charge in [-0.15, -0.1) is 0 Å². The van der Waals surface area contributed by atoms with Crippen LogP contribution in [-0.4, -0.2) is 15.3 Å². The van der Waals surface area contributed by atoms with E-state index in [-0.39, 0.29) is 16.9 Å². The molecular formula is C19H17FN2O2S. The van der Waals surface area contributed by atoms with Gasteiger partial charge in [-0.25, -0.2) is 4.39 Å². The molecule has 1 heterocycles. The van der Waals surface area contributed by atoms with Crippen LogP contribution in [0.2, 0.25) is 0 Å². The summed E-state index contributed by atoms with van der Waals surface area (Å²) in [5.74, 6) is 0.715. The van der Waals surface area contributed by atoms with Crippen LogP contribution in [0.25, 0.3) is 11.1 Å². The lowest BCUT2D eigenvalue weighted by atomic mass is 9.97. The molecule has 6 heteroatoms. The van der Waals surface area contributed by atoms with Gasteiger partial charge in [0, 0.05) is 12.5 Å². The van der Waals surface area contributed by atoms with Crippen molar-refractivity contribution in [3.63, 3.8) is 0 Å². The molecule has 3 rings (SSSR count). The Morgan fingerprint density at radius 2 is 2.00 bits per heavy atom. The average Bonchev–Trinajstić information content (AvgIpc) is 3.09. The molecule has 0 aliphatic rings. The van der Waals surface area contributed by atoms with Gasteiger partial charge in [-0.2, -0.15) is 4.98 Å². The molecule has 2 aromatic carbocycles. The van der Waals surface area contributed by atoms with Crippen molar-refractivity contribution in [1.82, 2.24) is 10.1 Å². The first kappa shape index (κ1) is 17.4. The van der Waals surface area contributed by atoms with Crippen molar-refractivity contribution in [2.24, 2.45) is 0 Å². The van der Waals surface area contributed by atoms with E-state index in [9.17, 15) is 9.18 Å². The van der Waals surface area contributed by atoms with Crippen molar-refractivity contribution in [2.45, 2.75) is 25.5 Å². The van der Waals surface area contributed by atoms with Crippen molar-refractivity contribution in [1.29, 1.82) is 0 Å². The van der Waals surface area contributed by atoms with Crippen LogP contribution in [0.15, 0.2) is 53.1 Å². The summed E-state index contributed by atoms with van der Waals surface area (Å²) in [5, 5.41) is 3.87. The molecule has 0 saturated carbocycles. The molecule has 0 bridgehead atoms. The van der Waals surface area contributed by atoms with Gasteiger partial charge in [0.2, 0.25) is 5.89 Å². The standard InChI is InChI=1S/C19H17FN2O2S/c1-12(19-21-18(22-24-19)11-25-13(2)23)15-8-9-16(17(20)10-15)14-6-4-3-5-7-14/h3-10,12H,11H2,1-2H3. The first-order valence-electron chi connectivity index (χ1n) is 7.85. The Morgan fingerprint density at radius 3 is 2.68 bits per heavy atom. The Morgan fingerprint density at radius 1 is 1.24 bits per heavy atom. The fourth-order valence-corrected chi connectivity index (χ4v) is 2.91. The molecule has 0 spiro atoms. The van der Waals surface area contributed by atoms with E-state index < -0.39 is 0 Å². The van der Waals surface area contributed by atoms with Crippen LogP contribution >= 0.6 is 11.8 Å². The van der Waals surface area contributed by atoms with Crippen LogP contribution in [0, 0.1) is 5.82 Å². The zero-order chi connectivity index (χ0) is 17.8. The van der Waals surface area contributed by atoms with E-state index in [1.165, 1.54) is 13.0 Å². The van der Waals surface area contributed by atoms with Crippen LogP contribution in [0.1, 0.15) is 37.0 Å². The molecule has 0 amide bonds. The summed E-state index contributed by atoms with van der Waals surface area (Å²) in [6.07, 6.45) is 0. The van der Waals surface area contributed by atoms with E-state index in [0.717, 1.165) is 22.9 Å². The van der Waals surface area contributed by atoms with Crippen LogP contribution in [0.5, 0.6) is 0 Å². The van der Waals surface area contributed by atoms with Crippen LogP contribution in [0.3, 0.4) is 0 Å². The fourth-order valence-electron chi connectivity index (χ4n) is 2.46. The maximum Gasteiger partial charge on any atom is 0.233 e. The second-order valence-corrected chi connectivity index (χ2v) is 6.81. The zero-order valence-electron chi connectivity index (χ0n) is 13.9. The Bertz CT molecular complexity index is 880. The van der Waals surface area contributed by atoms with Gasteiger partial charge in [-0.05, 0) is 24.1 Å². The summed E-state index contributed by atoms with van der Waals surface area (Å²) in [5.41, 5.74) is 2.15. The third-order valence-corrected chi connectivity index (χ3v) is 4.65. The number of carbonyl (C=O) groups excluding carboxylic acids is 1. The number of rotatable bonds is 5. The SMILES string of the molecule is CC(=O)SCc1noc(C(C)c2ccc(-c3ccccc3)c(F)c2)n1. The lowest BCUT2D eigenvalue weighted by Crippen LogP contribution is -1.99. The minimum atomic E-state index is -0.289. The number of aromatic nitrogens is 2. The number of benzene rings is 2. The monoisotopic (exact) mass is 356 g/mol. The Hall–Kier alpha value is -2.47. The molecule has 4 nitrogen and oxygen atoms in total. The molecule has 1 unspecified atom stereocenters. The number of thioether (sulfide) groups is 1. The molecule has 1 aromatic heterocycles. The first-order chi connectivity index (χ1) is 12.0. The van der Waals surface area contributed by atoms with Gasteiger partial charge in [0.15, 0.2) is 10.9 Å². The van der Waals surface area contributed by atoms with Gasteiger partial charge in [0.1, 0.15) is 5.82 Å². The molecule has 3 aromatic rings. The molecule has 0 N–H and O–H groups in total. The summed E-state index contributed by atoms with van der Waals surface area (Å²) in [6.45, 7) is 3.37. The molecule has 25 heavy (non-hydrogen) atoms. The topological polar surface area (TPSA) is 56.0 Å². The number of halogens is 1. The minimum absolute atomic E-state index is 0.00188. The highest BCUT2D eigenvalue weighted by molar-refractivity contribution is 8.12. The summed E-state index contributed by atoms with van der Waals surface area (Å²) < 4.78 is 19.8. The highest BCUT2D eigenvalue weighted by Gasteiger charge is 2.18. The number of hydrogen-bond acceptors (Lipinski definition) is 5. The van der Waals surface area contributed by atoms with Crippen LogP contribution < -0.4 is 0 Å². The van der Waals surface area contributed by atoms with E-state index in [0.29, 0.717) is 23.0 Å². The van der Waals surface area contributed by atoms with Crippen molar-refractivity contribution >= 4 is 16.9 Å². The molecule has 1 atom stereocenters. The van der Waals surface area contributed by atoms with Gasteiger partial charge < -0.3 is 4.52 Å². The minimum Gasteiger partial charge on any atom is -0.339 e. The van der Waals surface area contributed by atoms with Crippen molar-refractivity contribution in [2.75, 3.05) is 0 Å². The molecule has 0 aliphatic heterocycles. The van der Waals surface area contributed by atoms with Crippen molar-refractivity contribution in [3.05, 3.63) is 71.6 Å². The van der Waals surface area contributed by atoms with Gasteiger partial charge in [0.05, 0.1) is 11.7 Å². The predicted octanol–water partition coefficient (Wildman–Crippen LogP) is 4.81. The lowest BCUT2D eigenvalue weighted by molar-refractivity contribution is -0.109. The molecular weight excluding hydrogens is 339 g/mol. The third kappa shape index (κ3) is 4.14. The number of carbonyl (C=O) groups is 1. The Balaban J connectivity index is 1.80. The normalized spacial score (nSPS) is 12.1. The van der Waals surface area contributed by atoms with Crippen molar-refractivity contribution < 1.29 is 13.7 Å². The summed E-state index contributed by atoms with van der Waals surface area (Å²) >= 11 is 1.12. The quantitative estimate of drug-likeness (QED) is 0.657. The molecule has 128 valence electrons. The fraction of sp³-hybridized carbons (Fsp3) is 0.211. The van der Waals surface area contributed by atoms with E-state index in [4.69, 9.17) is 4.52 Å². The first-order valence-corrected chi connectivity index (χ1v) is 8.84. The predicted molar refractivity (Wildman–Crippen MR) is 95.6 cm³/mol. The molecule has 0 radical (unpaired) electrons. The lowest BCUT2D eigenvalue weighted by Gasteiger charge is -2.10. The van der Waals surface area contributed by atoms with Gasteiger partial charge in [-0.3, -0.25) is 4.79 Å². The molecule has 0 saturated heterocycles. The third-order valence-electron chi connectivity index (χ3n) is 3.84. The second-order valence-electron chi connectivity index (χ2n) is 5.66. The van der Waals surface area contributed by atoms with Crippen LogP contribution in [0.4, 0.5) is 4.39 Å². The number of nitrogens with zero attached hydrogens (tertiary/aromatic N) is 2. The van der Waals surface area contributed by atoms with E-state index in [1.807, 2.05) is 43.3 Å². The largest absolute Gasteiger partial charge is 0.339 e. The maximum absolute atomic E-state index is 14.5. The highest BCUT2D eigenvalue weighted by atomic mass is 32.2. The maximum atomic E-state index is 14.5. The Labute approximate surface area is 149 Å². The highest BCUT2D eigenvalue weighted by Crippen LogP contribution is 2.29. The molecule has 0 fully saturated rings. The summed E-state index contributed by atoms with van der Waals surface area (Å²) in [7, 11) is 0. The smallest absolute Gasteiger partial charge is 0.233 e. The van der Waals surface area contributed by atoms with Gasteiger partial charge in [-0.1, -0.05) is 59.4 Å². The van der Waals surface area contributed by atoms with Gasteiger partial charge in [0.25, 0.3) is 0 Å². The van der Waals surface area contributed by atoms with Crippen LogP contribution in [-0.2, 0) is 10.5 Å². The average molecular weight is 356 g/mol. The second kappa shape index (κ2) is 7.61. The molecule has 0 aliphatic carbocycles. The number of hydrogen-bond donors (Lipinski definition) is 0. The summed E-state index contributed by atoms with van der Waals surface area (Å²) in [6, 6.07) is 14.5. The van der Waals surface area contributed by atoms with E-state index >= 15 is 0 Å². The van der Waals surface area contributed by atoms with E-state index in [2.05, 4.69) is 10.1 Å². The Kier molecular flexibility index (Phi) is 5.28. The van der Waals surface area contributed by atoms with Gasteiger partial charge >= 0.3 is 0 Å². The van der Waals surface area contributed by atoms with E-state index in [1.54, 1.807) is 6.07 Å². The van der Waals surface area contributed by atoms with Crippen molar-refractivity contribution in [3.8, 4) is 11.1 Å². The zero-order valence-corrected chi connectivity index (χ0v) is 14.7. The summed E-state index contributed by atoms with van der Waals surface area (Å²) in [4.78, 5) is 15.3.